The van der Waals surface area contributed by atoms with Crippen LogP contribution in [0.25, 0.3) is 22.8 Å². The minimum absolute atomic E-state index is 0.192. The third-order valence-corrected chi connectivity index (χ3v) is 4.71. The lowest BCUT2D eigenvalue weighted by Crippen LogP contribution is -2.27. The summed E-state index contributed by atoms with van der Waals surface area (Å²) < 4.78 is 11.8. The molecule has 0 aliphatic carbocycles. The van der Waals surface area contributed by atoms with Crippen molar-refractivity contribution in [1.82, 2.24) is 14.7 Å². The van der Waals surface area contributed by atoms with Gasteiger partial charge in [-0.2, -0.15) is 4.98 Å². The van der Waals surface area contributed by atoms with E-state index in [1.807, 2.05) is 0 Å². The lowest BCUT2D eigenvalue weighted by Gasteiger charge is -2.11. The molecule has 4 rings (SSSR count). The third-order valence-electron chi connectivity index (χ3n) is 4.45. The van der Waals surface area contributed by atoms with Gasteiger partial charge in [-0.15, -0.1) is 0 Å². The van der Waals surface area contributed by atoms with E-state index in [0.717, 1.165) is 5.56 Å². The van der Waals surface area contributed by atoms with Crippen molar-refractivity contribution in [2.75, 3.05) is 12.4 Å². The maximum atomic E-state index is 12.5. The summed E-state index contributed by atoms with van der Waals surface area (Å²) in [6.45, 7) is -0.192. The summed E-state index contributed by atoms with van der Waals surface area (Å²) in [5, 5.41) is 7.31. The van der Waals surface area contributed by atoms with Gasteiger partial charge in [0.1, 0.15) is 12.3 Å². The molecule has 2 aromatic carbocycles. The number of halogens is 1. The lowest BCUT2D eigenvalue weighted by atomic mass is 10.2. The van der Waals surface area contributed by atoms with Gasteiger partial charge in [-0.25, -0.2) is 0 Å². The van der Waals surface area contributed by atoms with Crippen LogP contribution in [0, 0.1) is 0 Å². The second-order valence-corrected chi connectivity index (χ2v) is 7.00. The smallest absolute Gasteiger partial charge is 0.259 e. The highest BCUT2D eigenvalue weighted by atomic mass is 35.5. The molecule has 0 fully saturated rings. The molecule has 4 aromatic rings. The molecule has 156 valence electrons. The number of ether oxygens (including phenoxy) is 1. The molecule has 0 saturated carbocycles. The quantitative estimate of drug-likeness (QED) is 0.492. The first-order chi connectivity index (χ1) is 15.0. The van der Waals surface area contributed by atoms with Crippen LogP contribution in [0.4, 0.5) is 5.69 Å². The highest BCUT2D eigenvalue weighted by Gasteiger charge is 2.14. The monoisotopic (exact) mass is 436 g/mol. The highest BCUT2D eigenvalue weighted by molar-refractivity contribution is 6.30. The summed E-state index contributed by atoms with van der Waals surface area (Å²) in [6, 6.07) is 16.9. The molecule has 0 saturated heterocycles. The van der Waals surface area contributed by atoms with Gasteiger partial charge in [0.05, 0.1) is 18.4 Å². The predicted molar refractivity (Wildman–Crippen MR) is 116 cm³/mol. The minimum atomic E-state index is -0.379. The first kappa shape index (κ1) is 20.4. The summed E-state index contributed by atoms with van der Waals surface area (Å²) in [4.78, 5) is 29.1. The largest absolute Gasteiger partial charge is 0.495 e. The molecule has 0 atom stereocenters. The van der Waals surface area contributed by atoms with Gasteiger partial charge < -0.3 is 19.1 Å². The van der Waals surface area contributed by atoms with E-state index >= 15 is 0 Å². The fourth-order valence-corrected chi connectivity index (χ4v) is 3.06. The molecule has 8 nitrogen and oxygen atoms in total. The molecular formula is C22H17ClN4O4. The van der Waals surface area contributed by atoms with Crippen molar-refractivity contribution >= 4 is 23.2 Å². The number of nitrogens with one attached hydrogen (secondary N) is 1. The van der Waals surface area contributed by atoms with Gasteiger partial charge in [0.25, 0.3) is 11.4 Å². The van der Waals surface area contributed by atoms with E-state index < -0.39 is 0 Å². The third kappa shape index (κ3) is 4.65. The minimum Gasteiger partial charge on any atom is -0.495 e. The fourth-order valence-electron chi connectivity index (χ4n) is 2.93. The van der Waals surface area contributed by atoms with Crippen molar-refractivity contribution in [1.29, 1.82) is 0 Å². The van der Waals surface area contributed by atoms with Crippen LogP contribution in [0.3, 0.4) is 0 Å². The van der Waals surface area contributed by atoms with Crippen molar-refractivity contribution in [2.24, 2.45) is 0 Å². The van der Waals surface area contributed by atoms with E-state index in [4.69, 9.17) is 20.9 Å². The number of pyridine rings is 1. The van der Waals surface area contributed by atoms with Crippen LogP contribution in [0.5, 0.6) is 5.75 Å². The van der Waals surface area contributed by atoms with Crippen molar-refractivity contribution in [3.05, 3.63) is 82.2 Å². The van der Waals surface area contributed by atoms with Crippen LogP contribution < -0.4 is 15.6 Å². The van der Waals surface area contributed by atoms with E-state index in [9.17, 15) is 9.59 Å². The number of hydrogen-bond donors (Lipinski definition) is 1. The Morgan fingerprint density at radius 3 is 2.61 bits per heavy atom. The van der Waals surface area contributed by atoms with E-state index in [-0.39, 0.29) is 23.9 Å². The maximum Gasteiger partial charge on any atom is 0.259 e. The summed E-state index contributed by atoms with van der Waals surface area (Å²) >= 11 is 5.91. The lowest BCUT2D eigenvalue weighted by molar-refractivity contribution is -0.116. The zero-order chi connectivity index (χ0) is 21.8. The number of rotatable bonds is 6. The average molecular weight is 437 g/mol. The number of carbonyl (C=O) groups is 1. The average Bonchev–Trinajstić information content (AvgIpc) is 3.26. The normalized spacial score (nSPS) is 10.6. The van der Waals surface area contributed by atoms with Crippen LogP contribution in [-0.4, -0.2) is 27.7 Å². The second kappa shape index (κ2) is 8.85. The Hall–Kier alpha value is -3.91. The number of hydrogen-bond acceptors (Lipinski definition) is 6. The van der Waals surface area contributed by atoms with Crippen LogP contribution >= 0.6 is 11.6 Å². The Bertz CT molecular complexity index is 1280. The number of amides is 1. The number of para-hydroxylation sites is 2. The second-order valence-electron chi connectivity index (χ2n) is 6.56. The molecule has 0 bridgehead atoms. The van der Waals surface area contributed by atoms with Gasteiger partial charge in [0.2, 0.25) is 11.7 Å². The Morgan fingerprint density at radius 2 is 1.84 bits per heavy atom. The Balaban J connectivity index is 1.54. The Kier molecular flexibility index (Phi) is 5.81. The van der Waals surface area contributed by atoms with Gasteiger partial charge in [-0.3, -0.25) is 9.59 Å². The molecule has 0 aliphatic rings. The van der Waals surface area contributed by atoms with Crippen molar-refractivity contribution in [2.45, 2.75) is 6.54 Å². The Labute approximate surface area is 182 Å². The van der Waals surface area contributed by atoms with Crippen LogP contribution in [0.15, 0.2) is 76.2 Å². The first-order valence-corrected chi connectivity index (χ1v) is 9.64. The first-order valence-electron chi connectivity index (χ1n) is 9.27. The maximum absolute atomic E-state index is 12.5. The summed E-state index contributed by atoms with van der Waals surface area (Å²) in [7, 11) is 1.52. The highest BCUT2D eigenvalue weighted by Crippen LogP contribution is 2.24. The fraction of sp³-hybridized carbons (Fsp3) is 0.0909. The Morgan fingerprint density at radius 1 is 1.10 bits per heavy atom. The number of carbonyl (C=O) groups excluding carboxylic acids is 1. The van der Waals surface area contributed by atoms with Crippen molar-refractivity contribution in [3.63, 3.8) is 0 Å². The zero-order valence-corrected chi connectivity index (χ0v) is 17.2. The van der Waals surface area contributed by atoms with E-state index in [2.05, 4.69) is 15.5 Å². The predicted octanol–water partition coefficient (Wildman–Crippen LogP) is 3.87. The molecule has 2 aromatic heterocycles. The van der Waals surface area contributed by atoms with E-state index in [0.29, 0.717) is 27.8 Å². The molecule has 0 aliphatic heterocycles. The number of benzene rings is 2. The molecule has 0 spiro atoms. The topological polar surface area (TPSA) is 99.2 Å². The molecule has 1 N–H and O–H groups in total. The summed E-state index contributed by atoms with van der Waals surface area (Å²) in [5.74, 6) is 0.760. The molecule has 0 unspecified atom stereocenters. The summed E-state index contributed by atoms with van der Waals surface area (Å²) in [5.41, 5.74) is 1.43. The number of nitrogens with zero attached hydrogens (tertiary/aromatic N) is 3. The van der Waals surface area contributed by atoms with Gasteiger partial charge in [-0.05, 0) is 42.5 Å². The molecule has 1 amide bonds. The zero-order valence-electron chi connectivity index (χ0n) is 16.4. The van der Waals surface area contributed by atoms with E-state index in [1.165, 1.54) is 23.9 Å². The molecule has 0 radical (unpaired) electrons. The number of aromatic nitrogens is 3. The SMILES string of the molecule is COc1ccccc1NC(=O)Cn1cc(-c2nc(-c3ccc(Cl)cc3)no2)ccc1=O. The van der Waals surface area contributed by atoms with Crippen molar-refractivity contribution in [3.8, 4) is 28.6 Å². The van der Waals surface area contributed by atoms with Crippen LogP contribution in [0.2, 0.25) is 5.02 Å². The van der Waals surface area contributed by atoms with Gasteiger partial charge in [-0.1, -0.05) is 28.9 Å². The standard InChI is InChI=1S/C22H17ClN4O4/c1-30-18-5-3-2-4-17(18)24-19(28)13-27-12-15(8-11-20(27)29)22-25-21(26-31-22)14-6-9-16(23)10-7-14/h2-12H,13H2,1H3,(H,24,28). The number of anilines is 1. The molecule has 2 heterocycles. The number of methoxy groups -OCH3 is 1. The van der Waals surface area contributed by atoms with Crippen LogP contribution in [-0.2, 0) is 11.3 Å². The van der Waals surface area contributed by atoms with Gasteiger partial charge in [0.15, 0.2) is 0 Å². The van der Waals surface area contributed by atoms with Crippen LogP contribution in [0.1, 0.15) is 0 Å². The van der Waals surface area contributed by atoms with Gasteiger partial charge >= 0.3 is 0 Å². The molecule has 9 heteroatoms. The molecule has 31 heavy (non-hydrogen) atoms. The van der Waals surface area contributed by atoms with E-state index in [1.54, 1.807) is 54.6 Å². The summed E-state index contributed by atoms with van der Waals surface area (Å²) in [6.07, 6.45) is 1.50. The van der Waals surface area contributed by atoms with Gasteiger partial charge in [0, 0.05) is 22.8 Å². The molecular weight excluding hydrogens is 420 g/mol. The van der Waals surface area contributed by atoms with Crippen molar-refractivity contribution < 1.29 is 14.1 Å².